The first-order valence-corrected chi connectivity index (χ1v) is 16.6. The molecular formula is C46H32N2O. The molecule has 0 aliphatic heterocycles. The Bertz CT molecular complexity index is 2570. The molecule has 0 N–H and O–H groups in total. The Labute approximate surface area is 285 Å². The summed E-state index contributed by atoms with van der Waals surface area (Å²) in [4.78, 5) is 4.86. The predicted molar refractivity (Wildman–Crippen MR) is 205 cm³/mol. The molecule has 0 saturated heterocycles. The van der Waals surface area contributed by atoms with Crippen LogP contribution in [0.4, 0.5) is 0 Å². The lowest BCUT2D eigenvalue weighted by Gasteiger charge is -2.15. The number of nitrogens with zero attached hydrogens (tertiary/aromatic N) is 2. The van der Waals surface area contributed by atoms with E-state index < -0.39 is 0 Å². The first-order valence-electron chi connectivity index (χ1n) is 16.6. The molecule has 9 rings (SSSR count). The van der Waals surface area contributed by atoms with Gasteiger partial charge in [-0.2, -0.15) is 0 Å². The minimum Gasteiger partial charge on any atom is -0.435 e. The van der Waals surface area contributed by atoms with E-state index in [1.807, 2.05) is 42.5 Å². The van der Waals surface area contributed by atoms with Gasteiger partial charge in [-0.15, -0.1) is 0 Å². The van der Waals surface area contributed by atoms with Gasteiger partial charge in [0.15, 0.2) is 5.58 Å². The quantitative estimate of drug-likeness (QED) is 0.183. The zero-order chi connectivity index (χ0) is 32.9. The van der Waals surface area contributed by atoms with Gasteiger partial charge in [0, 0.05) is 27.6 Å². The van der Waals surface area contributed by atoms with E-state index in [-0.39, 0.29) is 0 Å². The van der Waals surface area contributed by atoms with Crippen LogP contribution in [0.5, 0.6) is 0 Å². The Balaban J connectivity index is 1.26. The minimum absolute atomic E-state index is 0.612. The molecule has 0 unspecified atom stereocenters. The van der Waals surface area contributed by atoms with Crippen LogP contribution in [0.25, 0.3) is 89.5 Å². The van der Waals surface area contributed by atoms with Gasteiger partial charge in [0.1, 0.15) is 5.52 Å². The lowest BCUT2D eigenvalue weighted by molar-refractivity contribution is 0.620. The van der Waals surface area contributed by atoms with Crippen molar-refractivity contribution in [3.8, 4) is 50.5 Å². The smallest absolute Gasteiger partial charge is 0.227 e. The molecule has 2 aromatic heterocycles. The van der Waals surface area contributed by atoms with Crippen molar-refractivity contribution in [3.63, 3.8) is 0 Å². The third kappa shape index (κ3) is 4.87. The van der Waals surface area contributed by atoms with Crippen LogP contribution in [0, 0.1) is 6.92 Å². The lowest BCUT2D eigenvalue weighted by atomic mass is 9.94. The van der Waals surface area contributed by atoms with E-state index in [9.17, 15) is 0 Å². The fraction of sp³-hybridized carbons (Fsp3) is 0.0217. The number of benzene rings is 7. The van der Waals surface area contributed by atoms with E-state index in [2.05, 4.69) is 139 Å². The average molecular weight is 629 g/mol. The maximum Gasteiger partial charge on any atom is 0.227 e. The topological polar surface area (TPSA) is 31.0 Å². The highest BCUT2D eigenvalue weighted by atomic mass is 16.3. The van der Waals surface area contributed by atoms with Gasteiger partial charge >= 0.3 is 0 Å². The number of hydrogen-bond donors (Lipinski definition) is 0. The van der Waals surface area contributed by atoms with E-state index in [1.54, 1.807) is 0 Å². The summed E-state index contributed by atoms with van der Waals surface area (Å²) in [5.41, 5.74) is 15.0. The number of aromatic nitrogens is 2. The summed E-state index contributed by atoms with van der Waals surface area (Å²) in [6.07, 6.45) is 1.90. The minimum atomic E-state index is 0.612. The molecule has 0 bridgehead atoms. The molecule has 2 heterocycles. The van der Waals surface area contributed by atoms with E-state index in [0.717, 1.165) is 44.6 Å². The molecule has 49 heavy (non-hydrogen) atoms. The van der Waals surface area contributed by atoms with Crippen LogP contribution in [0.2, 0.25) is 0 Å². The Kier molecular flexibility index (Phi) is 6.84. The molecule has 0 radical (unpaired) electrons. The van der Waals surface area contributed by atoms with Crippen molar-refractivity contribution in [1.82, 2.24) is 9.55 Å². The van der Waals surface area contributed by atoms with Gasteiger partial charge in [0.25, 0.3) is 0 Å². The fourth-order valence-electron chi connectivity index (χ4n) is 7.14. The average Bonchev–Trinajstić information content (AvgIpc) is 3.74. The molecule has 0 fully saturated rings. The highest BCUT2D eigenvalue weighted by molar-refractivity contribution is 6.11. The van der Waals surface area contributed by atoms with E-state index in [4.69, 9.17) is 9.40 Å². The first-order chi connectivity index (χ1) is 24.2. The van der Waals surface area contributed by atoms with Gasteiger partial charge in [-0.3, -0.25) is 0 Å². The number of rotatable bonds is 6. The Morgan fingerprint density at radius 2 is 1.14 bits per heavy atom. The van der Waals surface area contributed by atoms with Crippen molar-refractivity contribution in [2.75, 3.05) is 0 Å². The maximum atomic E-state index is 6.50. The number of fused-ring (bicyclic) bond motifs is 4. The predicted octanol–water partition coefficient (Wildman–Crippen LogP) is 12.5. The van der Waals surface area contributed by atoms with Gasteiger partial charge in [0.05, 0.1) is 11.0 Å². The molecular weight excluding hydrogens is 597 g/mol. The van der Waals surface area contributed by atoms with Crippen LogP contribution >= 0.6 is 0 Å². The molecule has 3 heteroatoms. The third-order valence-corrected chi connectivity index (χ3v) is 9.55. The second-order valence-electron chi connectivity index (χ2n) is 12.5. The maximum absolute atomic E-state index is 6.50. The molecule has 232 valence electrons. The van der Waals surface area contributed by atoms with Crippen LogP contribution < -0.4 is 0 Å². The number of oxazole rings is 1. The van der Waals surface area contributed by atoms with Crippen LogP contribution in [0.1, 0.15) is 11.1 Å². The van der Waals surface area contributed by atoms with Crippen molar-refractivity contribution >= 4 is 39.0 Å². The molecule has 0 atom stereocenters. The largest absolute Gasteiger partial charge is 0.435 e. The zero-order valence-electron chi connectivity index (χ0n) is 27.1. The second kappa shape index (κ2) is 11.7. The Morgan fingerprint density at radius 1 is 0.571 bits per heavy atom. The highest BCUT2D eigenvalue weighted by Crippen LogP contribution is 2.40. The van der Waals surface area contributed by atoms with E-state index in [0.29, 0.717) is 5.89 Å². The van der Waals surface area contributed by atoms with Crippen LogP contribution in [0.3, 0.4) is 0 Å². The Hall–Kier alpha value is -6.45. The summed E-state index contributed by atoms with van der Waals surface area (Å²) in [5, 5.41) is 2.45. The van der Waals surface area contributed by atoms with Crippen LogP contribution in [-0.4, -0.2) is 9.55 Å². The number of aryl methyl sites for hydroxylation is 1. The number of hydrogen-bond acceptors (Lipinski definition) is 2. The van der Waals surface area contributed by atoms with E-state index in [1.165, 1.54) is 44.1 Å². The van der Waals surface area contributed by atoms with Crippen molar-refractivity contribution in [2.24, 2.45) is 0 Å². The monoisotopic (exact) mass is 628 g/mol. The summed E-state index contributed by atoms with van der Waals surface area (Å²) in [7, 11) is 0. The molecule has 3 nitrogen and oxygen atoms in total. The SMILES string of the molecule is C=Cc1ccc2nc(-c3ccccc3)oc2c1-c1ccc(-n2c3cc(-c4ccccc4)ccc3c3ccc(-c4ccccc4)cc32)cc1C. The van der Waals surface area contributed by atoms with Gasteiger partial charge in [-0.1, -0.05) is 128 Å². The van der Waals surface area contributed by atoms with Gasteiger partial charge in [-0.05, 0) is 88.3 Å². The fourth-order valence-corrected chi connectivity index (χ4v) is 7.14. The van der Waals surface area contributed by atoms with Gasteiger partial charge in [-0.25, -0.2) is 4.98 Å². The molecule has 7 aromatic carbocycles. The van der Waals surface area contributed by atoms with Crippen molar-refractivity contribution < 1.29 is 4.42 Å². The Morgan fingerprint density at radius 3 is 1.69 bits per heavy atom. The van der Waals surface area contributed by atoms with Crippen LogP contribution in [0.15, 0.2) is 169 Å². The molecule has 0 spiro atoms. The first kappa shape index (κ1) is 28.7. The standard InChI is InChI=1S/C46H32N2O/c1-3-31-21-26-41-45(49-46(47-41)34-17-11-6-12-18-34)44(31)38-25-22-37(27-30(38)2)48-42-28-35(32-13-7-4-8-14-32)19-23-39(42)40-24-20-36(29-43(40)48)33-15-9-5-10-16-33/h3-29H,1H2,2H3. The summed E-state index contributed by atoms with van der Waals surface area (Å²) in [6.45, 7) is 6.32. The molecule has 9 aromatic rings. The molecule has 0 amide bonds. The normalized spacial score (nSPS) is 11.4. The highest BCUT2D eigenvalue weighted by Gasteiger charge is 2.19. The second-order valence-corrected chi connectivity index (χ2v) is 12.5. The van der Waals surface area contributed by atoms with Crippen molar-refractivity contribution in [3.05, 3.63) is 175 Å². The van der Waals surface area contributed by atoms with Crippen molar-refractivity contribution in [1.29, 1.82) is 0 Å². The summed E-state index contributed by atoms with van der Waals surface area (Å²) >= 11 is 0. The summed E-state index contributed by atoms with van der Waals surface area (Å²) in [5.74, 6) is 0.612. The van der Waals surface area contributed by atoms with Crippen LogP contribution in [-0.2, 0) is 0 Å². The van der Waals surface area contributed by atoms with Gasteiger partial charge in [0.2, 0.25) is 5.89 Å². The van der Waals surface area contributed by atoms with Gasteiger partial charge < -0.3 is 8.98 Å². The molecule has 0 saturated carbocycles. The molecule has 0 aliphatic carbocycles. The van der Waals surface area contributed by atoms with Crippen molar-refractivity contribution in [2.45, 2.75) is 6.92 Å². The third-order valence-electron chi connectivity index (χ3n) is 9.55. The summed E-state index contributed by atoms with van der Waals surface area (Å²) < 4.78 is 8.92. The summed E-state index contributed by atoms with van der Waals surface area (Å²) in [6, 6.07) is 55.8. The molecule has 0 aliphatic rings. The lowest BCUT2D eigenvalue weighted by Crippen LogP contribution is -1.97. The zero-order valence-corrected chi connectivity index (χ0v) is 27.1. The van der Waals surface area contributed by atoms with E-state index >= 15 is 0 Å².